The van der Waals surface area contributed by atoms with E-state index in [0.717, 1.165) is 11.3 Å². The first-order valence-electron chi connectivity index (χ1n) is 7.74. The predicted octanol–water partition coefficient (Wildman–Crippen LogP) is 3.85. The number of rotatable bonds is 5. The molecule has 3 aromatic rings. The van der Waals surface area contributed by atoms with Crippen LogP contribution in [-0.4, -0.2) is 29.7 Å². The van der Waals surface area contributed by atoms with Crippen molar-refractivity contribution in [2.45, 2.75) is 13.5 Å². The number of methoxy groups -OCH3 is 1. The standard InChI is InChI=1S/C18H14F2N2O4S/c1-9-13-15(23)21-12(22-16(13)27-14(9)17(24)25-2)8-7-10-5-3-4-6-11(10)26-18(19)20/h3-8,18H,1-2H3,(H,21,22,23)/b8-7+. The molecule has 0 saturated heterocycles. The van der Waals surface area contributed by atoms with Crippen LogP contribution in [0.4, 0.5) is 8.78 Å². The van der Waals surface area contributed by atoms with E-state index in [2.05, 4.69) is 14.7 Å². The van der Waals surface area contributed by atoms with Gasteiger partial charge in [-0.1, -0.05) is 18.2 Å². The van der Waals surface area contributed by atoms with Crippen molar-refractivity contribution in [2.75, 3.05) is 7.11 Å². The maximum absolute atomic E-state index is 12.5. The Morgan fingerprint density at radius 3 is 2.74 bits per heavy atom. The predicted molar refractivity (Wildman–Crippen MR) is 98.3 cm³/mol. The summed E-state index contributed by atoms with van der Waals surface area (Å²) in [4.78, 5) is 31.8. The summed E-state index contributed by atoms with van der Waals surface area (Å²) in [7, 11) is 1.26. The summed E-state index contributed by atoms with van der Waals surface area (Å²) in [6, 6.07) is 6.25. The summed E-state index contributed by atoms with van der Waals surface area (Å²) in [5.74, 6) is -0.311. The Morgan fingerprint density at radius 1 is 1.30 bits per heavy atom. The van der Waals surface area contributed by atoms with E-state index in [1.54, 1.807) is 25.1 Å². The van der Waals surface area contributed by atoms with Gasteiger partial charge in [-0.15, -0.1) is 11.3 Å². The molecule has 9 heteroatoms. The zero-order chi connectivity index (χ0) is 19.6. The number of nitrogens with one attached hydrogen (secondary N) is 1. The number of carbonyl (C=O) groups excluding carboxylic acids is 1. The van der Waals surface area contributed by atoms with Crippen molar-refractivity contribution in [1.29, 1.82) is 0 Å². The normalized spacial score (nSPS) is 11.4. The molecule has 0 saturated carbocycles. The van der Waals surface area contributed by atoms with E-state index in [9.17, 15) is 18.4 Å². The lowest BCUT2D eigenvalue weighted by Gasteiger charge is -2.07. The van der Waals surface area contributed by atoms with E-state index < -0.39 is 18.1 Å². The lowest BCUT2D eigenvalue weighted by atomic mass is 10.2. The van der Waals surface area contributed by atoms with E-state index in [1.165, 1.54) is 25.3 Å². The second-order valence-electron chi connectivity index (χ2n) is 5.43. The van der Waals surface area contributed by atoms with E-state index in [0.29, 0.717) is 26.2 Å². The summed E-state index contributed by atoms with van der Waals surface area (Å²) in [6.07, 6.45) is 2.98. The van der Waals surface area contributed by atoms with Crippen LogP contribution in [0.2, 0.25) is 0 Å². The highest BCUT2D eigenvalue weighted by molar-refractivity contribution is 7.20. The molecule has 0 spiro atoms. The van der Waals surface area contributed by atoms with Crippen molar-refractivity contribution in [1.82, 2.24) is 9.97 Å². The van der Waals surface area contributed by atoms with Crippen LogP contribution in [0.5, 0.6) is 5.75 Å². The number of fused-ring (bicyclic) bond motifs is 1. The van der Waals surface area contributed by atoms with Crippen LogP contribution < -0.4 is 10.3 Å². The number of ether oxygens (including phenoxy) is 2. The van der Waals surface area contributed by atoms with Gasteiger partial charge in [0.2, 0.25) is 0 Å². The SMILES string of the molecule is COC(=O)c1sc2nc(/C=C/c3ccccc3OC(F)F)[nH]c(=O)c2c1C. The lowest BCUT2D eigenvalue weighted by molar-refractivity contribution is -0.0499. The molecule has 0 amide bonds. The monoisotopic (exact) mass is 392 g/mol. The molecule has 140 valence electrons. The van der Waals surface area contributed by atoms with Gasteiger partial charge in [0.1, 0.15) is 21.3 Å². The van der Waals surface area contributed by atoms with E-state index in [4.69, 9.17) is 4.74 Å². The lowest BCUT2D eigenvalue weighted by Crippen LogP contribution is -2.09. The second-order valence-corrected chi connectivity index (χ2v) is 6.43. The van der Waals surface area contributed by atoms with Crippen LogP contribution in [0.15, 0.2) is 29.1 Å². The quantitative estimate of drug-likeness (QED) is 0.667. The molecule has 2 aromatic heterocycles. The Bertz CT molecular complexity index is 1090. The van der Waals surface area contributed by atoms with Crippen LogP contribution in [0, 0.1) is 6.92 Å². The molecule has 0 aliphatic heterocycles. The summed E-state index contributed by atoms with van der Waals surface area (Å²) < 4.78 is 34.1. The maximum Gasteiger partial charge on any atom is 0.387 e. The fraction of sp³-hybridized carbons (Fsp3) is 0.167. The first-order chi connectivity index (χ1) is 12.9. The third-order valence-electron chi connectivity index (χ3n) is 3.75. The maximum atomic E-state index is 12.5. The highest BCUT2D eigenvalue weighted by Crippen LogP contribution is 2.28. The molecule has 0 aliphatic carbocycles. The molecule has 0 atom stereocenters. The molecule has 0 fully saturated rings. The molecule has 0 bridgehead atoms. The zero-order valence-electron chi connectivity index (χ0n) is 14.3. The van der Waals surface area contributed by atoms with Gasteiger partial charge >= 0.3 is 12.6 Å². The number of halogens is 2. The number of alkyl halides is 2. The summed E-state index contributed by atoms with van der Waals surface area (Å²) in [6.45, 7) is -1.30. The molecule has 1 N–H and O–H groups in total. The van der Waals surface area contributed by atoms with Crippen LogP contribution >= 0.6 is 11.3 Å². The summed E-state index contributed by atoms with van der Waals surface area (Å²) >= 11 is 1.05. The smallest absolute Gasteiger partial charge is 0.387 e. The number of para-hydroxylation sites is 1. The number of esters is 1. The largest absolute Gasteiger partial charge is 0.465 e. The van der Waals surface area contributed by atoms with Crippen molar-refractivity contribution < 1.29 is 23.0 Å². The Balaban J connectivity index is 2.00. The van der Waals surface area contributed by atoms with Crippen LogP contribution in [-0.2, 0) is 4.74 Å². The molecular weight excluding hydrogens is 378 g/mol. The van der Waals surface area contributed by atoms with E-state index in [1.807, 2.05) is 0 Å². The van der Waals surface area contributed by atoms with E-state index in [-0.39, 0.29) is 11.6 Å². The molecule has 3 rings (SSSR count). The van der Waals surface area contributed by atoms with Crippen molar-refractivity contribution >= 4 is 39.7 Å². The first-order valence-corrected chi connectivity index (χ1v) is 8.56. The van der Waals surface area contributed by atoms with Crippen LogP contribution in [0.1, 0.15) is 26.6 Å². The Kier molecular flexibility index (Phi) is 5.31. The van der Waals surface area contributed by atoms with Gasteiger partial charge in [0.25, 0.3) is 5.56 Å². The highest BCUT2D eigenvalue weighted by Gasteiger charge is 2.19. The van der Waals surface area contributed by atoms with Gasteiger partial charge in [0.05, 0.1) is 12.5 Å². The number of aromatic nitrogens is 2. The van der Waals surface area contributed by atoms with Gasteiger partial charge in [0.15, 0.2) is 0 Å². The highest BCUT2D eigenvalue weighted by atomic mass is 32.1. The summed E-state index contributed by atoms with van der Waals surface area (Å²) in [5, 5.41) is 0.319. The number of aromatic amines is 1. The Labute approximate surface area is 156 Å². The molecule has 1 aromatic carbocycles. The number of carbonyl (C=O) groups is 1. The third-order valence-corrected chi connectivity index (χ3v) is 4.91. The minimum Gasteiger partial charge on any atom is -0.465 e. The molecule has 2 heterocycles. The number of hydrogen-bond acceptors (Lipinski definition) is 6. The second kappa shape index (κ2) is 7.67. The minimum absolute atomic E-state index is 0.00659. The Morgan fingerprint density at radius 2 is 2.04 bits per heavy atom. The number of thiophene rings is 1. The average Bonchev–Trinajstić information content (AvgIpc) is 2.97. The average molecular weight is 392 g/mol. The van der Waals surface area contributed by atoms with Gasteiger partial charge in [-0.05, 0) is 30.7 Å². The van der Waals surface area contributed by atoms with Gasteiger partial charge < -0.3 is 14.5 Å². The van der Waals surface area contributed by atoms with Gasteiger partial charge in [-0.3, -0.25) is 4.79 Å². The number of aryl methyl sites for hydroxylation is 1. The van der Waals surface area contributed by atoms with Gasteiger partial charge in [-0.2, -0.15) is 8.78 Å². The Hall–Kier alpha value is -3.07. The topological polar surface area (TPSA) is 81.3 Å². The number of benzene rings is 1. The molecule has 6 nitrogen and oxygen atoms in total. The van der Waals surface area contributed by atoms with E-state index >= 15 is 0 Å². The number of hydrogen-bond donors (Lipinski definition) is 1. The fourth-order valence-corrected chi connectivity index (χ4v) is 3.62. The van der Waals surface area contributed by atoms with Crippen molar-refractivity contribution in [3.8, 4) is 5.75 Å². The van der Waals surface area contributed by atoms with Gasteiger partial charge in [0, 0.05) is 5.56 Å². The minimum atomic E-state index is -2.94. The fourth-order valence-electron chi connectivity index (χ4n) is 2.52. The zero-order valence-corrected chi connectivity index (χ0v) is 15.1. The first kappa shape index (κ1) is 18.7. The molecule has 0 aliphatic rings. The van der Waals surface area contributed by atoms with Crippen molar-refractivity contribution in [3.05, 3.63) is 56.4 Å². The molecule has 0 unspecified atom stereocenters. The van der Waals surface area contributed by atoms with Gasteiger partial charge in [-0.25, -0.2) is 9.78 Å². The third kappa shape index (κ3) is 3.87. The molecular formula is C18H14F2N2O4S. The van der Waals surface area contributed by atoms with Crippen molar-refractivity contribution in [3.63, 3.8) is 0 Å². The number of nitrogens with zero attached hydrogens (tertiary/aromatic N) is 1. The van der Waals surface area contributed by atoms with Crippen molar-refractivity contribution in [2.24, 2.45) is 0 Å². The number of H-pyrrole nitrogens is 1. The van der Waals surface area contributed by atoms with Crippen LogP contribution in [0.25, 0.3) is 22.4 Å². The molecule has 0 radical (unpaired) electrons. The van der Waals surface area contributed by atoms with Crippen LogP contribution in [0.3, 0.4) is 0 Å². The summed E-state index contributed by atoms with van der Waals surface area (Å²) in [5.41, 5.74) is 0.501. The molecule has 27 heavy (non-hydrogen) atoms.